The van der Waals surface area contributed by atoms with Gasteiger partial charge in [-0.15, -0.1) is 0 Å². The summed E-state index contributed by atoms with van der Waals surface area (Å²) in [5.74, 6) is 0.578. The fourth-order valence-corrected chi connectivity index (χ4v) is 2.28. The predicted octanol–water partition coefficient (Wildman–Crippen LogP) is 0.915. The molecule has 0 aromatic carbocycles. The van der Waals surface area contributed by atoms with Crippen molar-refractivity contribution in [1.29, 1.82) is 0 Å². The zero-order valence-corrected chi connectivity index (χ0v) is 13.4. The molecule has 0 unspecified atom stereocenters. The van der Waals surface area contributed by atoms with Gasteiger partial charge in [0, 0.05) is 17.0 Å². The van der Waals surface area contributed by atoms with Crippen LogP contribution < -0.4 is 15.9 Å². The van der Waals surface area contributed by atoms with Crippen LogP contribution in [0.25, 0.3) is 11.0 Å². The zero-order chi connectivity index (χ0) is 16.1. The maximum absolute atomic E-state index is 6.06. The zero-order valence-electron chi connectivity index (χ0n) is 13.4. The summed E-state index contributed by atoms with van der Waals surface area (Å²) in [4.78, 5) is 12.5. The van der Waals surface area contributed by atoms with Crippen molar-refractivity contribution in [3.63, 3.8) is 0 Å². The first-order valence-electron chi connectivity index (χ1n) is 7.06. The molecule has 0 bridgehead atoms. The maximum atomic E-state index is 6.06. The van der Waals surface area contributed by atoms with Crippen molar-refractivity contribution in [1.82, 2.24) is 15.0 Å². The van der Waals surface area contributed by atoms with E-state index in [-0.39, 0.29) is 5.95 Å². The van der Waals surface area contributed by atoms with E-state index in [1.54, 1.807) is 13.3 Å². The molecular formula is C14H19BN4O3. The number of rotatable bonds is 2. The highest BCUT2D eigenvalue weighted by molar-refractivity contribution is 6.63. The lowest BCUT2D eigenvalue weighted by atomic mass is 9.79. The van der Waals surface area contributed by atoms with Crippen molar-refractivity contribution in [3.05, 3.63) is 12.3 Å². The summed E-state index contributed by atoms with van der Waals surface area (Å²) in [6, 6.07) is 1.86. The lowest BCUT2D eigenvalue weighted by Gasteiger charge is -2.32. The molecule has 0 atom stereocenters. The van der Waals surface area contributed by atoms with Gasteiger partial charge >= 0.3 is 7.12 Å². The van der Waals surface area contributed by atoms with Crippen molar-refractivity contribution in [2.45, 2.75) is 38.9 Å². The van der Waals surface area contributed by atoms with Crippen LogP contribution in [0.4, 0.5) is 5.95 Å². The van der Waals surface area contributed by atoms with E-state index in [0.717, 1.165) is 5.39 Å². The average Bonchev–Trinajstić information content (AvgIpc) is 2.65. The smallest absolute Gasteiger partial charge is 0.481 e. The van der Waals surface area contributed by atoms with E-state index < -0.39 is 18.3 Å². The fraction of sp³-hybridized carbons (Fsp3) is 0.500. The van der Waals surface area contributed by atoms with Crippen LogP contribution in [0.5, 0.6) is 5.88 Å². The number of methoxy groups -OCH3 is 1. The van der Waals surface area contributed by atoms with Crippen LogP contribution in [0.3, 0.4) is 0 Å². The Morgan fingerprint density at radius 2 is 1.77 bits per heavy atom. The number of fused-ring (bicyclic) bond motifs is 1. The number of hydrogen-bond donors (Lipinski definition) is 1. The number of hydrogen-bond acceptors (Lipinski definition) is 7. The van der Waals surface area contributed by atoms with Gasteiger partial charge in [-0.05, 0) is 33.8 Å². The highest BCUT2D eigenvalue weighted by Gasteiger charge is 2.52. The number of anilines is 1. The fourth-order valence-electron chi connectivity index (χ4n) is 2.28. The maximum Gasteiger partial charge on any atom is 0.500 e. The van der Waals surface area contributed by atoms with Crippen molar-refractivity contribution in [3.8, 4) is 5.88 Å². The molecule has 2 N–H and O–H groups in total. The van der Waals surface area contributed by atoms with Crippen LogP contribution in [-0.4, -0.2) is 40.4 Å². The molecule has 1 aliphatic heterocycles. The molecule has 2 aromatic rings. The van der Waals surface area contributed by atoms with E-state index in [0.29, 0.717) is 17.0 Å². The third-order valence-corrected chi connectivity index (χ3v) is 4.28. The molecule has 0 spiro atoms. The molecule has 3 heterocycles. The highest BCUT2D eigenvalue weighted by Crippen LogP contribution is 2.37. The molecule has 0 radical (unpaired) electrons. The molecule has 22 heavy (non-hydrogen) atoms. The Morgan fingerprint density at radius 3 is 2.36 bits per heavy atom. The predicted molar refractivity (Wildman–Crippen MR) is 84.0 cm³/mol. The minimum atomic E-state index is -0.561. The lowest BCUT2D eigenvalue weighted by molar-refractivity contribution is 0.00578. The Hall–Kier alpha value is -1.93. The Bertz CT molecular complexity index is 719. The first-order valence-corrected chi connectivity index (χ1v) is 7.06. The van der Waals surface area contributed by atoms with E-state index >= 15 is 0 Å². The number of aromatic nitrogens is 3. The van der Waals surface area contributed by atoms with Crippen molar-refractivity contribution in [2.75, 3.05) is 12.8 Å². The molecule has 1 saturated heterocycles. The van der Waals surface area contributed by atoms with Crippen molar-refractivity contribution in [2.24, 2.45) is 0 Å². The standard InChI is InChI=1S/C14H19BN4O3/c1-13(2)14(3,4)22-15(21-13)9-6-8-7-17-12(16)19-10(8)18-11(9)20-5/h6-7H,1-5H3,(H2,16,17,18,19). The summed E-state index contributed by atoms with van der Waals surface area (Å²) in [6.07, 6.45) is 1.62. The second-order valence-electron chi connectivity index (χ2n) is 6.32. The summed E-state index contributed by atoms with van der Waals surface area (Å²) in [5.41, 5.74) is 5.91. The molecule has 8 heteroatoms. The van der Waals surface area contributed by atoms with Gasteiger partial charge in [-0.1, -0.05) is 0 Å². The first-order chi connectivity index (χ1) is 10.2. The molecule has 1 aliphatic rings. The number of nitrogens with two attached hydrogens (primary N) is 1. The van der Waals surface area contributed by atoms with Crippen LogP contribution in [-0.2, 0) is 9.31 Å². The molecular weight excluding hydrogens is 283 g/mol. The van der Waals surface area contributed by atoms with Crippen LogP contribution in [0.2, 0.25) is 0 Å². The molecule has 0 saturated carbocycles. The lowest BCUT2D eigenvalue weighted by Crippen LogP contribution is -2.41. The SMILES string of the molecule is COc1nc2nc(N)ncc2cc1B1OC(C)(C)C(C)(C)O1. The monoisotopic (exact) mass is 302 g/mol. The van der Waals surface area contributed by atoms with Crippen LogP contribution in [0, 0.1) is 0 Å². The van der Waals surface area contributed by atoms with Gasteiger partial charge < -0.3 is 19.8 Å². The van der Waals surface area contributed by atoms with Gasteiger partial charge in [0.1, 0.15) is 0 Å². The van der Waals surface area contributed by atoms with Gasteiger partial charge in [0.2, 0.25) is 11.8 Å². The molecule has 7 nitrogen and oxygen atoms in total. The van der Waals surface area contributed by atoms with Crippen LogP contribution in [0.15, 0.2) is 12.3 Å². The van der Waals surface area contributed by atoms with Gasteiger partial charge in [0.15, 0.2) is 5.65 Å². The minimum absolute atomic E-state index is 0.172. The Kier molecular flexibility index (Phi) is 3.26. The van der Waals surface area contributed by atoms with Crippen molar-refractivity contribution < 1.29 is 14.0 Å². The average molecular weight is 302 g/mol. The van der Waals surface area contributed by atoms with Gasteiger partial charge in [0.25, 0.3) is 0 Å². The second-order valence-corrected chi connectivity index (χ2v) is 6.32. The van der Waals surface area contributed by atoms with E-state index in [1.807, 2.05) is 33.8 Å². The van der Waals surface area contributed by atoms with Gasteiger partial charge in [-0.25, -0.2) is 4.98 Å². The highest BCUT2D eigenvalue weighted by atomic mass is 16.7. The first kappa shape index (κ1) is 15.0. The van der Waals surface area contributed by atoms with Crippen molar-refractivity contribution >= 4 is 29.6 Å². The van der Waals surface area contributed by atoms with Gasteiger partial charge in [-0.3, -0.25) is 0 Å². The van der Waals surface area contributed by atoms with E-state index in [9.17, 15) is 0 Å². The molecule has 3 rings (SSSR count). The molecule has 0 aliphatic carbocycles. The van der Waals surface area contributed by atoms with E-state index in [1.165, 1.54) is 0 Å². The van der Waals surface area contributed by atoms with Crippen LogP contribution >= 0.6 is 0 Å². The topological polar surface area (TPSA) is 92.4 Å². The van der Waals surface area contributed by atoms with Gasteiger partial charge in [0.05, 0.1) is 18.3 Å². The molecule has 0 amide bonds. The minimum Gasteiger partial charge on any atom is -0.481 e. The number of ether oxygens (including phenoxy) is 1. The molecule has 116 valence electrons. The number of nitrogen functional groups attached to an aromatic ring is 1. The summed E-state index contributed by atoms with van der Waals surface area (Å²) in [7, 11) is 0.988. The second kappa shape index (κ2) is 4.79. The third-order valence-electron chi connectivity index (χ3n) is 4.28. The van der Waals surface area contributed by atoms with E-state index in [2.05, 4.69) is 15.0 Å². The largest absolute Gasteiger partial charge is 0.500 e. The summed E-state index contributed by atoms with van der Waals surface area (Å²) < 4.78 is 17.5. The number of pyridine rings is 1. The third kappa shape index (κ3) is 2.28. The summed E-state index contributed by atoms with van der Waals surface area (Å²) in [6.45, 7) is 7.99. The molecule has 1 fully saturated rings. The quantitative estimate of drug-likeness (QED) is 0.824. The Morgan fingerprint density at radius 1 is 1.14 bits per heavy atom. The summed E-state index contributed by atoms with van der Waals surface area (Å²) >= 11 is 0. The van der Waals surface area contributed by atoms with Gasteiger partial charge in [-0.2, -0.15) is 9.97 Å². The molecule has 2 aromatic heterocycles. The Balaban J connectivity index is 2.09. The Labute approximate surface area is 129 Å². The number of nitrogens with zero attached hydrogens (tertiary/aromatic N) is 3. The normalized spacial score (nSPS) is 19.6. The van der Waals surface area contributed by atoms with Crippen LogP contribution in [0.1, 0.15) is 27.7 Å². The van der Waals surface area contributed by atoms with E-state index in [4.69, 9.17) is 19.8 Å². The summed E-state index contributed by atoms with van der Waals surface area (Å²) in [5, 5.41) is 0.750.